The van der Waals surface area contributed by atoms with Crippen molar-refractivity contribution in [1.82, 2.24) is 10.2 Å². The van der Waals surface area contributed by atoms with Crippen molar-refractivity contribution in [3.63, 3.8) is 0 Å². The van der Waals surface area contributed by atoms with Gasteiger partial charge in [0.2, 0.25) is 0 Å². The van der Waals surface area contributed by atoms with Crippen molar-refractivity contribution in [2.75, 3.05) is 6.61 Å². The van der Waals surface area contributed by atoms with Crippen molar-refractivity contribution in [2.45, 2.75) is 44.3 Å². The Labute approximate surface area is 169 Å². The normalized spacial score (nSPS) is 15.8. The number of hydrogen-bond donors (Lipinski definition) is 1. The molecular weight excluding hydrogens is 376 g/mol. The quantitative estimate of drug-likeness (QED) is 0.735. The summed E-state index contributed by atoms with van der Waals surface area (Å²) in [6.07, 6.45) is 4.16. The number of amides is 2. The molecule has 0 spiro atoms. The van der Waals surface area contributed by atoms with Gasteiger partial charge in [-0.15, -0.1) is 0 Å². The van der Waals surface area contributed by atoms with Crippen molar-refractivity contribution < 1.29 is 14.3 Å². The van der Waals surface area contributed by atoms with Crippen molar-refractivity contribution >= 4 is 23.4 Å². The zero-order valence-corrected chi connectivity index (χ0v) is 16.3. The molecule has 0 aromatic heterocycles. The van der Waals surface area contributed by atoms with Crippen molar-refractivity contribution in [3.05, 3.63) is 64.7 Å². The van der Waals surface area contributed by atoms with Gasteiger partial charge in [0.1, 0.15) is 5.75 Å². The molecule has 4 rings (SSSR count). The first-order valence-corrected chi connectivity index (χ1v) is 10.0. The van der Waals surface area contributed by atoms with E-state index in [0.29, 0.717) is 28.9 Å². The molecule has 2 aromatic rings. The summed E-state index contributed by atoms with van der Waals surface area (Å²) >= 11 is 6.09. The highest BCUT2D eigenvalue weighted by molar-refractivity contribution is 6.32. The molecule has 2 aliphatic rings. The van der Waals surface area contributed by atoms with E-state index in [2.05, 4.69) is 5.32 Å². The third kappa shape index (κ3) is 4.84. The van der Waals surface area contributed by atoms with E-state index in [1.165, 1.54) is 0 Å². The van der Waals surface area contributed by atoms with E-state index in [9.17, 15) is 9.59 Å². The van der Waals surface area contributed by atoms with Gasteiger partial charge in [-0.3, -0.25) is 9.59 Å². The Hall–Kier alpha value is -2.53. The fourth-order valence-electron chi connectivity index (χ4n) is 3.05. The molecule has 0 aliphatic heterocycles. The first kappa shape index (κ1) is 18.8. The highest BCUT2D eigenvalue weighted by Crippen LogP contribution is 2.29. The second-order valence-electron chi connectivity index (χ2n) is 7.42. The van der Waals surface area contributed by atoms with Gasteiger partial charge in [0.25, 0.3) is 11.8 Å². The van der Waals surface area contributed by atoms with Gasteiger partial charge >= 0.3 is 0 Å². The second kappa shape index (κ2) is 8.23. The third-order valence-electron chi connectivity index (χ3n) is 4.98. The molecule has 2 saturated carbocycles. The molecule has 28 heavy (non-hydrogen) atoms. The lowest BCUT2D eigenvalue weighted by molar-refractivity contribution is -0.134. The van der Waals surface area contributed by atoms with Crippen LogP contribution in [0.25, 0.3) is 0 Å². The fraction of sp³-hybridized carbons (Fsp3) is 0.364. The van der Waals surface area contributed by atoms with Gasteiger partial charge in [-0.2, -0.15) is 0 Å². The van der Waals surface area contributed by atoms with Crippen LogP contribution >= 0.6 is 11.6 Å². The first-order chi connectivity index (χ1) is 13.6. The summed E-state index contributed by atoms with van der Waals surface area (Å²) in [5, 5.41) is 3.48. The standard InChI is InChI=1S/C22H23ClN2O3/c23-19-3-1-2-4-20(19)28-14-21(26)25(18-11-12-18)13-15-5-7-16(8-6-15)22(27)24-17-9-10-17/h1-8,17-18H,9-14H2,(H,24,27). The number of para-hydroxylation sites is 1. The maximum absolute atomic E-state index is 12.7. The number of hydrogen-bond acceptors (Lipinski definition) is 3. The van der Waals surface area contributed by atoms with Crippen molar-refractivity contribution in [3.8, 4) is 5.75 Å². The molecule has 2 aromatic carbocycles. The lowest BCUT2D eigenvalue weighted by Gasteiger charge is -2.23. The van der Waals surface area contributed by atoms with Gasteiger partial charge < -0.3 is 15.0 Å². The van der Waals surface area contributed by atoms with E-state index in [1.54, 1.807) is 12.1 Å². The van der Waals surface area contributed by atoms with Crippen molar-refractivity contribution in [1.29, 1.82) is 0 Å². The minimum absolute atomic E-state index is 0.0303. The van der Waals surface area contributed by atoms with Crippen LogP contribution in [0.5, 0.6) is 5.75 Å². The summed E-state index contributed by atoms with van der Waals surface area (Å²) in [6, 6.07) is 15.2. The van der Waals surface area contributed by atoms with E-state index in [1.807, 2.05) is 41.3 Å². The largest absolute Gasteiger partial charge is 0.482 e. The molecule has 2 fully saturated rings. The van der Waals surface area contributed by atoms with Crippen molar-refractivity contribution in [2.24, 2.45) is 0 Å². The predicted molar refractivity (Wildman–Crippen MR) is 107 cm³/mol. The Morgan fingerprint density at radius 2 is 1.75 bits per heavy atom. The van der Waals surface area contributed by atoms with Gasteiger partial charge in [0.05, 0.1) is 5.02 Å². The molecule has 2 amide bonds. The van der Waals surface area contributed by atoms with Crippen LogP contribution < -0.4 is 10.1 Å². The number of ether oxygens (including phenoxy) is 1. The highest BCUT2D eigenvalue weighted by atomic mass is 35.5. The summed E-state index contributed by atoms with van der Waals surface area (Å²) in [5.41, 5.74) is 1.66. The summed E-state index contributed by atoms with van der Waals surface area (Å²) in [7, 11) is 0. The third-order valence-corrected chi connectivity index (χ3v) is 5.29. The van der Waals surface area contributed by atoms with Gasteiger partial charge in [-0.05, 0) is 55.5 Å². The molecule has 1 N–H and O–H groups in total. The Balaban J connectivity index is 1.36. The molecule has 146 valence electrons. The predicted octanol–water partition coefficient (Wildman–Crippen LogP) is 3.80. The van der Waals surface area contributed by atoms with Crippen LogP contribution in [0.2, 0.25) is 5.02 Å². The van der Waals surface area contributed by atoms with Crippen LogP contribution in [0.3, 0.4) is 0 Å². The fourth-order valence-corrected chi connectivity index (χ4v) is 3.24. The molecule has 5 nitrogen and oxygen atoms in total. The summed E-state index contributed by atoms with van der Waals surface area (Å²) < 4.78 is 5.61. The number of nitrogens with zero attached hydrogens (tertiary/aromatic N) is 1. The first-order valence-electron chi connectivity index (χ1n) is 9.67. The lowest BCUT2D eigenvalue weighted by Crippen LogP contribution is -2.36. The highest BCUT2D eigenvalue weighted by Gasteiger charge is 2.32. The van der Waals surface area contributed by atoms with Crippen LogP contribution in [0.1, 0.15) is 41.6 Å². The van der Waals surface area contributed by atoms with Crippen LogP contribution in [-0.2, 0) is 11.3 Å². The summed E-state index contributed by atoms with van der Waals surface area (Å²) in [6.45, 7) is 0.474. The van der Waals surface area contributed by atoms with E-state index >= 15 is 0 Å². The lowest BCUT2D eigenvalue weighted by atomic mass is 10.1. The molecule has 0 bridgehead atoms. The minimum Gasteiger partial charge on any atom is -0.482 e. The number of halogens is 1. The second-order valence-corrected chi connectivity index (χ2v) is 7.82. The topological polar surface area (TPSA) is 58.6 Å². The zero-order valence-electron chi connectivity index (χ0n) is 15.6. The van der Waals surface area contributed by atoms with E-state index < -0.39 is 0 Å². The van der Waals surface area contributed by atoms with Gasteiger partial charge in [0.15, 0.2) is 6.61 Å². The monoisotopic (exact) mass is 398 g/mol. The molecule has 0 saturated heterocycles. The Morgan fingerprint density at radius 1 is 1.04 bits per heavy atom. The van der Waals surface area contributed by atoms with Crippen LogP contribution in [0.15, 0.2) is 48.5 Å². The van der Waals surface area contributed by atoms with E-state index in [-0.39, 0.29) is 24.5 Å². The number of carbonyl (C=O) groups excluding carboxylic acids is 2. The Morgan fingerprint density at radius 3 is 2.39 bits per heavy atom. The van der Waals surface area contributed by atoms with Crippen LogP contribution in [0, 0.1) is 0 Å². The Kier molecular flexibility index (Phi) is 5.53. The van der Waals surface area contributed by atoms with Gasteiger partial charge in [-0.25, -0.2) is 0 Å². The van der Waals surface area contributed by atoms with Crippen LogP contribution in [0.4, 0.5) is 0 Å². The average molecular weight is 399 g/mol. The maximum Gasteiger partial charge on any atom is 0.261 e. The molecule has 2 aliphatic carbocycles. The molecule has 0 unspecified atom stereocenters. The van der Waals surface area contributed by atoms with Gasteiger partial charge in [0, 0.05) is 24.2 Å². The summed E-state index contributed by atoms with van der Waals surface area (Å²) in [5.74, 6) is 0.426. The number of benzene rings is 2. The molecule has 6 heteroatoms. The molecule has 0 radical (unpaired) electrons. The minimum atomic E-state index is -0.0574. The maximum atomic E-state index is 12.7. The number of rotatable bonds is 8. The van der Waals surface area contributed by atoms with Crippen LogP contribution in [-0.4, -0.2) is 35.4 Å². The number of carbonyl (C=O) groups is 2. The van der Waals surface area contributed by atoms with E-state index in [4.69, 9.17) is 16.3 Å². The molecular formula is C22H23ClN2O3. The van der Waals surface area contributed by atoms with Gasteiger partial charge in [-0.1, -0.05) is 35.9 Å². The number of nitrogens with one attached hydrogen (secondary N) is 1. The zero-order chi connectivity index (χ0) is 19.5. The van der Waals surface area contributed by atoms with E-state index in [0.717, 1.165) is 31.2 Å². The summed E-state index contributed by atoms with van der Waals surface area (Å²) in [4.78, 5) is 26.7. The SMILES string of the molecule is O=C(NC1CC1)c1ccc(CN(C(=O)COc2ccccc2Cl)C2CC2)cc1. The smallest absolute Gasteiger partial charge is 0.261 e. The molecule has 0 atom stereocenters. The Bertz CT molecular complexity index is 860. The average Bonchev–Trinajstić information content (AvgIpc) is 3.60. The molecule has 0 heterocycles.